The van der Waals surface area contributed by atoms with E-state index in [1.807, 2.05) is 7.05 Å². The number of hydrogen-bond acceptors (Lipinski definition) is 3. The molecule has 0 aromatic rings. The Morgan fingerprint density at radius 3 is 2.68 bits per heavy atom. The molecule has 0 heterocycles. The summed E-state index contributed by atoms with van der Waals surface area (Å²) in [7, 11) is 1.88. The Labute approximate surface area is 121 Å². The second kappa shape index (κ2) is 6.98. The van der Waals surface area contributed by atoms with Gasteiger partial charge in [-0.25, -0.2) is 0 Å². The molecule has 3 nitrogen and oxygen atoms in total. The third-order valence-electron chi connectivity index (χ3n) is 5.15. The van der Waals surface area contributed by atoms with Crippen molar-refractivity contribution in [3.05, 3.63) is 0 Å². The van der Waals surface area contributed by atoms with Gasteiger partial charge in [0.2, 0.25) is 5.91 Å². The third kappa shape index (κ3) is 3.46. The molecule has 2 rings (SSSR count). The van der Waals surface area contributed by atoms with Crippen LogP contribution in [0, 0.1) is 11.8 Å². The Hall–Kier alpha value is -0.220. The van der Waals surface area contributed by atoms with Gasteiger partial charge in [-0.05, 0) is 62.5 Å². The van der Waals surface area contributed by atoms with Gasteiger partial charge in [0, 0.05) is 0 Å². The first-order valence-electron chi connectivity index (χ1n) is 7.75. The molecule has 0 aromatic carbocycles. The summed E-state index contributed by atoms with van der Waals surface area (Å²) in [4.78, 5) is 11.8. The van der Waals surface area contributed by atoms with Crippen molar-refractivity contribution in [2.75, 3.05) is 18.6 Å². The Morgan fingerprint density at radius 1 is 1.32 bits per heavy atom. The van der Waals surface area contributed by atoms with E-state index in [0.29, 0.717) is 5.92 Å². The predicted molar refractivity (Wildman–Crippen MR) is 82.2 cm³/mol. The molecule has 3 N–H and O–H groups in total. The largest absolute Gasteiger partial charge is 0.368 e. The number of carbonyl (C=O) groups is 1. The Kier molecular flexibility index (Phi) is 5.58. The van der Waals surface area contributed by atoms with Crippen LogP contribution in [0.1, 0.15) is 51.4 Å². The maximum Gasteiger partial charge on any atom is 0.238 e. The van der Waals surface area contributed by atoms with Gasteiger partial charge in [-0.1, -0.05) is 19.3 Å². The first-order valence-corrected chi connectivity index (χ1v) is 8.91. The molecule has 2 fully saturated rings. The van der Waals surface area contributed by atoms with Crippen molar-refractivity contribution < 1.29 is 4.79 Å². The first-order chi connectivity index (χ1) is 9.19. The van der Waals surface area contributed by atoms with Crippen molar-refractivity contribution in [1.29, 1.82) is 0 Å². The summed E-state index contributed by atoms with van der Waals surface area (Å²) in [5, 5.41) is 3.23. The Bertz CT molecular complexity index is 305. The molecular formula is C15H28N2OS. The fourth-order valence-corrected chi connectivity index (χ4v) is 5.18. The molecule has 19 heavy (non-hydrogen) atoms. The van der Waals surface area contributed by atoms with Gasteiger partial charge < -0.3 is 11.1 Å². The number of hydrogen-bond donors (Lipinski definition) is 2. The van der Waals surface area contributed by atoms with Crippen LogP contribution in [0.3, 0.4) is 0 Å². The van der Waals surface area contributed by atoms with E-state index in [1.54, 1.807) is 0 Å². The smallest absolute Gasteiger partial charge is 0.238 e. The van der Waals surface area contributed by atoms with Crippen LogP contribution in [0.2, 0.25) is 0 Å². The highest BCUT2D eigenvalue weighted by Gasteiger charge is 2.45. The molecule has 0 radical (unpaired) electrons. The van der Waals surface area contributed by atoms with Crippen LogP contribution in [0.5, 0.6) is 0 Å². The summed E-state index contributed by atoms with van der Waals surface area (Å²) in [5.41, 5.74) is 5.21. The summed E-state index contributed by atoms with van der Waals surface area (Å²) in [6.45, 7) is 0. The van der Waals surface area contributed by atoms with Gasteiger partial charge in [-0.3, -0.25) is 4.79 Å². The van der Waals surface area contributed by atoms with Crippen molar-refractivity contribution in [2.24, 2.45) is 17.6 Å². The van der Waals surface area contributed by atoms with E-state index in [4.69, 9.17) is 5.73 Å². The lowest BCUT2D eigenvalue weighted by atomic mass is 9.84. The quantitative estimate of drug-likeness (QED) is 0.706. The zero-order valence-electron chi connectivity index (χ0n) is 12.1. The molecule has 2 aliphatic carbocycles. The number of carbonyl (C=O) groups excluding carboxylic acids is 1. The van der Waals surface area contributed by atoms with Crippen molar-refractivity contribution >= 4 is 17.7 Å². The lowest BCUT2D eigenvalue weighted by molar-refractivity contribution is -0.125. The minimum atomic E-state index is -0.423. The molecule has 0 spiro atoms. The molecule has 0 aliphatic heterocycles. The molecule has 2 atom stereocenters. The highest BCUT2D eigenvalue weighted by molar-refractivity contribution is 7.99. The SMILES string of the molecule is CNC1(C(N)=O)CCCC1CCSCC1CCCC1. The second-order valence-electron chi connectivity index (χ2n) is 6.19. The average molecular weight is 284 g/mol. The number of likely N-dealkylation sites (N-methyl/N-ethyl adjacent to an activating group) is 1. The van der Waals surface area contributed by atoms with Crippen LogP contribution in [-0.4, -0.2) is 30.0 Å². The minimum Gasteiger partial charge on any atom is -0.368 e. The van der Waals surface area contributed by atoms with Gasteiger partial charge in [0.15, 0.2) is 0 Å². The van der Waals surface area contributed by atoms with Crippen LogP contribution in [0.25, 0.3) is 0 Å². The van der Waals surface area contributed by atoms with E-state index in [-0.39, 0.29) is 5.91 Å². The van der Waals surface area contributed by atoms with E-state index in [9.17, 15) is 4.79 Å². The Morgan fingerprint density at radius 2 is 2.05 bits per heavy atom. The molecule has 2 aliphatic rings. The number of primary amides is 1. The average Bonchev–Trinajstić information content (AvgIpc) is 3.04. The number of rotatable bonds is 7. The molecular weight excluding hydrogens is 256 g/mol. The monoisotopic (exact) mass is 284 g/mol. The molecule has 2 unspecified atom stereocenters. The van der Waals surface area contributed by atoms with Crippen molar-refractivity contribution in [3.63, 3.8) is 0 Å². The highest BCUT2D eigenvalue weighted by atomic mass is 32.2. The van der Waals surface area contributed by atoms with E-state index in [1.165, 1.54) is 37.2 Å². The van der Waals surface area contributed by atoms with Gasteiger partial charge >= 0.3 is 0 Å². The lowest BCUT2D eigenvalue weighted by Gasteiger charge is -2.32. The van der Waals surface area contributed by atoms with E-state index < -0.39 is 5.54 Å². The molecule has 0 saturated heterocycles. The number of nitrogens with one attached hydrogen (secondary N) is 1. The number of thioether (sulfide) groups is 1. The first kappa shape index (κ1) is 15.2. The van der Waals surface area contributed by atoms with Gasteiger partial charge in [-0.15, -0.1) is 0 Å². The van der Waals surface area contributed by atoms with Crippen molar-refractivity contribution in [2.45, 2.75) is 56.9 Å². The third-order valence-corrected chi connectivity index (χ3v) is 6.38. The molecule has 110 valence electrons. The highest BCUT2D eigenvalue weighted by Crippen LogP contribution is 2.38. The van der Waals surface area contributed by atoms with Crippen LogP contribution < -0.4 is 11.1 Å². The van der Waals surface area contributed by atoms with Crippen LogP contribution >= 0.6 is 11.8 Å². The predicted octanol–water partition coefficient (Wildman–Crippen LogP) is 2.54. The fraction of sp³-hybridized carbons (Fsp3) is 0.933. The van der Waals surface area contributed by atoms with E-state index in [2.05, 4.69) is 17.1 Å². The standard InChI is InChI=1S/C15H28N2OS/c1-17-15(14(16)18)9-4-7-13(15)8-10-19-11-12-5-2-3-6-12/h12-13,17H,2-11H2,1H3,(H2,16,18). The van der Waals surface area contributed by atoms with Gasteiger partial charge in [-0.2, -0.15) is 11.8 Å². The molecule has 0 bridgehead atoms. The Balaban J connectivity index is 1.73. The molecule has 4 heteroatoms. The van der Waals surface area contributed by atoms with Crippen LogP contribution in [0.15, 0.2) is 0 Å². The molecule has 0 aromatic heterocycles. The van der Waals surface area contributed by atoms with Gasteiger partial charge in [0.25, 0.3) is 0 Å². The fourth-order valence-electron chi connectivity index (χ4n) is 3.90. The second-order valence-corrected chi connectivity index (χ2v) is 7.34. The molecule has 2 saturated carbocycles. The minimum absolute atomic E-state index is 0.154. The summed E-state index contributed by atoms with van der Waals surface area (Å²) in [6, 6.07) is 0. The maximum atomic E-state index is 11.8. The summed E-state index contributed by atoms with van der Waals surface area (Å²) >= 11 is 2.08. The van der Waals surface area contributed by atoms with E-state index >= 15 is 0 Å². The van der Waals surface area contributed by atoms with Crippen LogP contribution in [-0.2, 0) is 4.79 Å². The normalized spacial score (nSPS) is 31.9. The van der Waals surface area contributed by atoms with Crippen LogP contribution in [0.4, 0.5) is 0 Å². The zero-order valence-corrected chi connectivity index (χ0v) is 12.9. The maximum absolute atomic E-state index is 11.8. The zero-order chi connectivity index (χ0) is 13.7. The summed E-state index contributed by atoms with van der Waals surface area (Å²) in [6.07, 6.45) is 10.0. The molecule has 1 amide bonds. The van der Waals surface area contributed by atoms with E-state index in [0.717, 1.165) is 31.6 Å². The van der Waals surface area contributed by atoms with Gasteiger partial charge in [0.1, 0.15) is 5.54 Å². The van der Waals surface area contributed by atoms with Crippen molar-refractivity contribution in [1.82, 2.24) is 5.32 Å². The number of nitrogens with two attached hydrogens (primary N) is 1. The van der Waals surface area contributed by atoms with Crippen molar-refractivity contribution in [3.8, 4) is 0 Å². The summed E-state index contributed by atoms with van der Waals surface area (Å²) in [5.74, 6) is 3.73. The number of amides is 1. The topological polar surface area (TPSA) is 55.1 Å². The summed E-state index contributed by atoms with van der Waals surface area (Å²) < 4.78 is 0. The van der Waals surface area contributed by atoms with Gasteiger partial charge in [0.05, 0.1) is 0 Å². The lowest BCUT2D eigenvalue weighted by Crippen LogP contribution is -2.56.